The third-order valence-corrected chi connectivity index (χ3v) is 4.28. The molecule has 126 valence electrons. The van der Waals surface area contributed by atoms with E-state index < -0.39 is 12.5 Å². The van der Waals surface area contributed by atoms with Crippen molar-refractivity contribution in [3.63, 3.8) is 0 Å². The summed E-state index contributed by atoms with van der Waals surface area (Å²) in [6, 6.07) is 3.45. The van der Waals surface area contributed by atoms with Crippen molar-refractivity contribution in [2.75, 3.05) is 4.90 Å². The molecule has 0 unspecified atom stereocenters. The van der Waals surface area contributed by atoms with Crippen molar-refractivity contribution < 1.29 is 13.6 Å². The van der Waals surface area contributed by atoms with E-state index >= 15 is 0 Å². The van der Waals surface area contributed by atoms with Crippen molar-refractivity contribution in [2.45, 2.75) is 25.7 Å². The van der Waals surface area contributed by atoms with E-state index in [2.05, 4.69) is 9.97 Å². The van der Waals surface area contributed by atoms with Gasteiger partial charge in [0.05, 0.1) is 10.7 Å². The van der Waals surface area contributed by atoms with E-state index in [1.165, 1.54) is 18.2 Å². The van der Waals surface area contributed by atoms with E-state index in [0.717, 1.165) is 4.90 Å². The molecule has 0 radical (unpaired) electrons. The number of amides is 2. The van der Waals surface area contributed by atoms with Crippen LogP contribution >= 0.6 is 23.2 Å². The fourth-order valence-corrected chi connectivity index (χ4v) is 3.08. The van der Waals surface area contributed by atoms with Gasteiger partial charge in [0.1, 0.15) is 5.69 Å². The Bertz CT molecular complexity index is 816. The molecule has 2 aromatic rings. The fraction of sp³-hybridized carbons (Fsp3) is 0.267. The molecule has 1 heterocycles. The molecule has 0 spiro atoms. The van der Waals surface area contributed by atoms with Crippen LogP contribution in [0.4, 0.5) is 25.2 Å². The molecule has 0 atom stereocenters. The number of hydrogen-bond acceptors (Lipinski definition) is 3. The number of aryl methyl sites for hydroxylation is 1. The van der Waals surface area contributed by atoms with Crippen LogP contribution in [0.1, 0.15) is 29.8 Å². The van der Waals surface area contributed by atoms with Crippen LogP contribution in [0.5, 0.6) is 0 Å². The number of nitrogens with zero attached hydrogens (tertiary/aromatic N) is 3. The predicted molar refractivity (Wildman–Crippen MR) is 87.2 cm³/mol. The van der Waals surface area contributed by atoms with E-state index in [4.69, 9.17) is 28.9 Å². The number of hydrogen-bond donors (Lipinski definition) is 1. The van der Waals surface area contributed by atoms with Gasteiger partial charge >= 0.3 is 6.03 Å². The van der Waals surface area contributed by atoms with Gasteiger partial charge in [-0.1, -0.05) is 23.2 Å². The minimum absolute atomic E-state index is 0.134. The zero-order valence-electron chi connectivity index (χ0n) is 12.3. The molecule has 1 aliphatic carbocycles. The molecule has 2 amide bonds. The molecule has 0 saturated heterocycles. The van der Waals surface area contributed by atoms with Crippen molar-refractivity contribution in [3.05, 3.63) is 45.2 Å². The standard InChI is InChI=1S/C15H12Cl2F2N4O/c16-7-4-5-9(17)11(6-7)23(14(20)24)15-21-10-3-1-2-8(10)12(22-15)13(18)19/h4-6,13H,1-3H2,(H2,20,24). The predicted octanol–water partition coefficient (Wildman–Crippen LogP) is 4.43. The first kappa shape index (κ1) is 16.9. The van der Waals surface area contributed by atoms with Crippen LogP contribution in [0.2, 0.25) is 10.0 Å². The van der Waals surface area contributed by atoms with E-state index in [1.54, 1.807) is 0 Å². The zero-order valence-corrected chi connectivity index (χ0v) is 13.8. The highest BCUT2D eigenvalue weighted by Gasteiger charge is 2.28. The number of fused-ring (bicyclic) bond motifs is 1. The van der Waals surface area contributed by atoms with Crippen LogP contribution in [-0.4, -0.2) is 16.0 Å². The number of nitrogens with two attached hydrogens (primary N) is 1. The molecule has 0 aliphatic heterocycles. The first-order valence-electron chi connectivity index (χ1n) is 7.11. The summed E-state index contributed by atoms with van der Waals surface area (Å²) in [6.07, 6.45) is -1.03. The molecule has 5 nitrogen and oxygen atoms in total. The number of halogens is 4. The smallest absolute Gasteiger partial charge is 0.326 e. The van der Waals surface area contributed by atoms with Gasteiger partial charge in [-0.3, -0.25) is 0 Å². The second kappa shape index (κ2) is 6.49. The molecular weight excluding hydrogens is 361 g/mol. The summed E-state index contributed by atoms with van der Waals surface area (Å²) >= 11 is 12.0. The summed E-state index contributed by atoms with van der Waals surface area (Å²) in [5, 5.41) is 0.469. The Morgan fingerprint density at radius 2 is 2.00 bits per heavy atom. The normalized spacial score (nSPS) is 13.2. The Morgan fingerprint density at radius 1 is 1.25 bits per heavy atom. The number of primary amides is 1. The Kier molecular flexibility index (Phi) is 4.56. The molecule has 24 heavy (non-hydrogen) atoms. The van der Waals surface area contributed by atoms with Crippen molar-refractivity contribution >= 4 is 40.9 Å². The summed E-state index contributed by atoms with van der Waals surface area (Å²) < 4.78 is 26.7. The number of benzene rings is 1. The van der Waals surface area contributed by atoms with Gasteiger partial charge < -0.3 is 5.73 Å². The third kappa shape index (κ3) is 3.01. The van der Waals surface area contributed by atoms with Crippen molar-refractivity contribution in [1.29, 1.82) is 0 Å². The largest absolute Gasteiger partial charge is 0.351 e. The Labute approximate surface area is 146 Å². The lowest BCUT2D eigenvalue weighted by atomic mass is 10.2. The SMILES string of the molecule is NC(=O)N(c1nc2c(c(C(F)F)n1)CCC2)c1cc(Cl)ccc1Cl. The molecule has 3 rings (SSSR count). The van der Waals surface area contributed by atoms with Gasteiger partial charge in [-0.15, -0.1) is 0 Å². The topological polar surface area (TPSA) is 72.1 Å². The quantitative estimate of drug-likeness (QED) is 0.865. The highest BCUT2D eigenvalue weighted by Crippen LogP contribution is 2.36. The fourth-order valence-electron chi connectivity index (χ4n) is 2.71. The lowest BCUT2D eigenvalue weighted by Gasteiger charge is -2.21. The highest BCUT2D eigenvalue weighted by atomic mass is 35.5. The number of urea groups is 1. The molecule has 0 fully saturated rings. The zero-order chi connectivity index (χ0) is 17.4. The number of carbonyl (C=O) groups is 1. The molecule has 1 aliphatic rings. The second-order valence-corrected chi connectivity index (χ2v) is 6.10. The molecule has 0 bridgehead atoms. The van der Waals surface area contributed by atoms with Crippen molar-refractivity contribution in [1.82, 2.24) is 9.97 Å². The monoisotopic (exact) mass is 372 g/mol. The summed E-state index contributed by atoms with van der Waals surface area (Å²) in [6.45, 7) is 0. The van der Waals surface area contributed by atoms with Gasteiger partial charge in [-0.05, 0) is 37.5 Å². The van der Waals surface area contributed by atoms with Crippen LogP contribution in [0, 0.1) is 0 Å². The molecule has 0 saturated carbocycles. The van der Waals surface area contributed by atoms with Crippen LogP contribution in [-0.2, 0) is 12.8 Å². The minimum atomic E-state index is -2.77. The van der Waals surface area contributed by atoms with Gasteiger partial charge in [0, 0.05) is 16.3 Å². The lowest BCUT2D eigenvalue weighted by molar-refractivity contribution is 0.145. The maximum absolute atomic E-state index is 13.3. The van der Waals surface area contributed by atoms with Crippen molar-refractivity contribution in [2.24, 2.45) is 5.73 Å². The third-order valence-electron chi connectivity index (χ3n) is 3.73. The minimum Gasteiger partial charge on any atom is -0.351 e. The Morgan fingerprint density at radius 3 is 2.67 bits per heavy atom. The Hall–Kier alpha value is -1.99. The van der Waals surface area contributed by atoms with Crippen LogP contribution in [0.25, 0.3) is 0 Å². The van der Waals surface area contributed by atoms with Gasteiger partial charge in [0.15, 0.2) is 0 Å². The van der Waals surface area contributed by atoms with Gasteiger partial charge in [-0.25, -0.2) is 28.4 Å². The summed E-state index contributed by atoms with van der Waals surface area (Å²) in [7, 11) is 0. The van der Waals surface area contributed by atoms with E-state index in [1.807, 2.05) is 0 Å². The average molecular weight is 373 g/mol. The number of anilines is 2. The summed E-state index contributed by atoms with van der Waals surface area (Å²) in [4.78, 5) is 20.9. The van der Waals surface area contributed by atoms with Crippen LogP contribution < -0.4 is 10.6 Å². The second-order valence-electron chi connectivity index (χ2n) is 5.26. The first-order valence-corrected chi connectivity index (χ1v) is 7.86. The molecule has 9 heteroatoms. The number of carbonyl (C=O) groups excluding carboxylic acids is 1. The summed E-state index contributed by atoms with van der Waals surface area (Å²) in [5.41, 5.74) is 6.10. The number of aromatic nitrogens is 2. The number of rotatable bonds is 3. The molecule has 1 aromatic carbocycles. The Balaban J connectivity index is 2.18. The first-order chi connectivity index (χ1) is 11.4. The van der Waals surface area contributed by atoms with E-state index in [0.29, 0.717) is 35.5 Å². The van der Waals surface area contributed by atoms with E-state index in [-0.39, 0.29) is 22.4 Å². The van der Waals surface area contributed by atoms with Gasteiger partial charge in [-0.2, -0.15) is 0 Å². The van der Waals surface area contributed by atoms with Gasteiger partial charge in [0.25, 0.3) is 6.43 Å². The van der Waals surface area contributed by atoms with Crippen LogP contribution in [0.3, 0.4) is 0 Å². The summed E-state index contributed by atoms with van der Waals surface area (Å²) in [5.74, 6) is -0.234. The lowest BCUT2D eigenvalue weighted by Crippen LogP contribution is -2.33. The maximum atomic E-state index is 13.3. The van der Waals surface area contributed by atoms with E-state index in [9.17, 15) is 13.6 Å². The van der Waals surface area contributed by atoms with Crippen LogP contribution in [0.15, 0.2) is 18.2 Å². The highest BCUT2D eigenvalue weighted by molar-refractivity contribution is 6.36. The van der Waals surface area contributed by atoms with Crippen molar-refractivity contribution in [3.8, 4) is 0 Å². The molecular formula is C15H12Cl2F2N4O. The maximum Gasteiger partial charge on any atom is 0.326 e. The average Bonchev–Trinajstić information content (AvgIpc) is 2.98. The molecule has 2 N–H and O–H groups in total. The van der Waals surface area contributed by atoms with Gasteiger partial charge in [0.2, 0.25) is 5.95 Å². The number of alkyl halides is 2. The molecule has 1 aromatic heterocycles.